The highest BCUT2D eigenvalue weighted by molar-refractivity contribution is 5.75. The summed E-state index contributed by atoms with van der Waals surface area (Å²) in [6.07, 6.45) is 0.522. The molecule has 0 aliphatic heterocycles. The Bertz CT molecular complexity index is 298. The second-order valence-electron chi connectivity index (χ2n) is 3.51. The lowest BCUT2D eigenvalue weighted by Crippen LogP contribution is -2.26. The minimum absolute atomic E-state index is 0.0720. The van der Waals surface area contributed by atoms with Crippen LogP contribution < -0.4 is 10.6 Å². The van der Waals surface area contributed by atoms with Gasteiger partial charge in [-0.3, -0.25) is 4.79 Å². The lowest BCUT2D eigenvalue weighted by atomic mass is 10.1. The molecule has 1 unspecified atom stereocenters. The first-order valence-electron chi connectivity index (χ1n) is 5.23. The Morgan fingerprint density at radius 3 is 2.60 bits per heavy atom. The van der Waals surface area contributed by atoms with Crippen LogP contribution in [0.1, 0.15) is 24.9 Å². The van der Waals surface area contributed by atoms with E-state index < -0.39 is 0 Å². The fraction of sp³-hybridized carbons (Fsp3) is 0.417. The minimum atomic E-state index is 0.0720. The molecule has 1 rings (SSSR count). The Balaban J connectivity index is 2.31. The van der Waals surface area contributed by atoms with Crippen LogP contribution in [0.2, 0.25) is 0 Å². The average Bonchev–Trinajstić information content (AvgIpc) is 2.29. The molecular formula is C12H18N2O. The second kappa shape index (κ2) is 6.19. The maximum Gasteiger partial charge on any atom is 0.221 e. The molecule has 1 aromatic rings. The van der Waals surface area contributed by atoms with Crippen molar-refractivity contribution in [3.8, 4) is 0 Å². The van der Waals surface area contributed by atoms with E-state index in [0.29, 0.717) is 13.0 Å². The van der Waals surface area contributed by atoms with Crippen molar-refractivity contribution < 1.29 is 4.79 Å². The Kier molecular flexibility index (Phi) is 4.84. The molecule has 1 aromatic carbocycles. The molecule has 0 radical (unpaired) electrons. The number of carbonyl (C=O) groups is 1. The molecule has 2 N–H and O–H groups in total. The monoisotopic (exact) mass is 206 g/mol. The molecule has 0 aromatic heterocycles. The van der Waals surface area contributed by atoms with Crippen LogP contribution in [-0.4, -0.2) is 19.5 Å². The van der Waals surface area contributed by atoms with Gasteiger partial charge >= 0.3 is 0 Å². The van der Waals surface area contributed by atoms with Gasteiger partial charge in [-0.15, -0.1) is 0 Å². The predicted octanol–water partition coefficient (Wildman–Crippen LogP) is 1.47. The zero-order valence-electron chi connectivity index (χ0n) is 9.29. The summed E-state index contributed by atoms with van der Waals surface area (Å²) in [5.74, 6) is 0.0720. The Hall–Kier alpha value is -1.35. The first-order chi connectivity index (χ1) is 7.24. The highest BCUT2D eigenvalue weighted by Gasteiger charge is 2.04. The third-order valence-electron chi connectivity index (χ3n) is 2.38. The zero-order chi connectivity index (χ0) is 11.1. The van der Waals surface area contributed by atoms with Gasteiger partial charge < -0.3 is 10.6 Å². The molecule has 15 heavy (non-hydrogen) atoms. The molecule has 3 heteroatoms. The maximum atomic E-state index is 11.0. The van der Waals surface area contributed by atoms with E-state index in [1.54, 1.807) is 7.05 Å². The highest BCUT2D eigenvalue weighted by atomic mass is 16.1. The average molecular weight is 206 g/mol. The van der Waals surface area contributed by atoms with Crippen molar-refractivity contribution in [2.24, 2.45) is 0 Å². The van der Waals surface area contributed by atoms with Gasteiger partial charge in [0, 0.05) is 26.1 Å². The SMILES string of the molecule is CNC(=O)CCNC(C)c1ccccc1. The fourth-order valence-corrected chi connectivity index (χ4v) is 1.39. The lowest BCUT2D eigenvalue weighted by molar-refractivity contribution is -0.120. The van der Waals surface area contributed by atoms with E-state index in [9.17, 15) is 4.79 Å². The number of hydrogen-bond acceptors (Lipinski definition) is 2. The molecule has 0 bridgehead atoms. The summed E-state index contributed by atoms with van der Waals surface area (Å²) < 4.78 is 0. The van der Waals surface area contributed by atoms with Gasteiger partial charge in [-0.05, 0) is 12.5 Å². The summed E-state index contributed by atoms with van der Waals surface area (Å²) in [6, 6.07) is 10.5. The van der Waals surface area contributed by atoms with Crippen LogP contribution in [0.4, 0.5) is 0 Å². The normalized spacial score (nSPS) is 12.1. The van der Waals surface area contributed by atoms with Crippen molar-refractivity contribution in [1.29, 1.82) is 0 Å². The molecule has 0 aliphatic rings. The van der Waals surface area contributed by atoms with Gasteiger partial charge in [-0.2, -0.15) is 0 Å². The molecule has 0 fully saturated rings. The number of nitrogens with one attached hydrogen (secondary N) is 2. The summed E-state index contributed by atoms with van der Waals surface area (Å²) in [5, 5.41) is 5.90. The molecule has 0 aliphatic carbocycles. The first-order valence-corrected chi connectivity index (χ1v) is 5.23. The molecule has 82 valence electrons. The second-order valence-corrected chi connectivity index (χ2v) is 3.51. The van der Waals surface area contributed by atoms with Crippen LogP contribution in [0.3, 0.4) is 0 Å². The molecule has 0 spiro atoms. The summed E-state index contributed by atoms with van der Waals surface area (Å²) in [7, 11) is 1.66. The molecule has 3 nitrogen and oxygen atoms in total. The van der Waals surface area contributed by atoms with Crippen molar-refractivity contribution in [2.75, 3.05) is 13.6 Å². The van der Waals surface area contributed by atoms with Crippen molar-refractivity contribution in [1.82, 2.24) is 10.6 Å². The molecule has 1 amide bonds. The van der Waals surface area contributed by atoms with E-state index in [-0.39, 0.29) is 11.9 Å². The zero-order valence-corrected chi connectivity index (χ0v) is 9.29. The van der Waals surface area contributed by atoms with Gasteiger partial charge in [-0.25, -0.2) is 0 Å². The highest BCUT2D eigenvalue weighted by Crippen LogP contribution is 2.10. The van der Waals surface area contributed by atoms with E-state index in [1.165, 1.54) is 5.56 Å². The number of rotatable bonds is 5. The van der Waals surface area contributed by atoms with Gasteiger partial charge in [0.05, 0.1) is 0 Å². The van der Waals surface area contributed by atoms with Gasteiger partial charge in [0.15, 0.2) is 0 Å². The predicted molar refractivity (Wildman–Crippen MR) is 61.5 cm³/mol. The van der Waals surface area contributed by atoms with E-state index in [1.807, 2.05) is 18.2 Å². The van der Waals surface area contributed by atoms with Gasteiger partial charge in [-0.1, -0.05) is 30.3 Å². The van der Waals surface area contributed by atoms with Gasteiger partial charge in [0.25, 0.3) is 0 Å². The van der Waals surface area contributed by atoms with Crippen LogP contribution in [-0.2, 0) is 4.79 Å². The Labute approximate surface area is 90.9 Å². The van der Waals surface area contributed by atoms with E-state index in [2.05, 4.69) is 29.7 Å². The topological polar surface area (TPSA) is 41.1 Å². The van der Waals surface area contributed by atoms with Crippen molar-refractivity contribution in [3.63, 3.8) is 0 Å². The van der Waals surface area contributed by atoms with Crippen LogP contribution in [0.5, 0.6) is 0 Å². The molecular weight excluding hydrogens is 188 g/mol. The molecule has 0 saturated carbocycles. The standard InChI is InChI=1S/C12H18N2O/c1-10(11-6-4-3-5-7-11)14-9-8-12(15)13-2/h3-7,10,14H,8-9H2,1-2H3,(H,13,15). The maximum absolute atomic E-state index is 11.0. The number of hydrogen-bond donors (Lipinski definition) is 2. The molecule has 0 saturated heterocycles. The van der Waals surface area contributed by atoms with Crippen LogP contribution in [0.25, 0.3) is 0 Å². The van der Waals surface area contributed by atoms with Crippen molar-refractivity contribution >= 4 is 5.91 Å². The molecule has 0 heterocycles. The smallest absolute Gasteiger partial charge is 0.221 e. The quantitative estimate of drug-likeness (QED) is 0.766. The number of carbonyl (C=O) groups excluding carboxylic acids is 1. The molecule has 1 atom stereocenters. The van der Waals surface area contributed by atoms with Crippen LogP contribution in [0.15, 0.2) is 30.3 Å². The van der Waals surface area contributed by atoms with Crippen LogP contribution >= 0.6 is 0 Å². The van der Waals surface area contributed by atoms with E-state index >= 15 is 0 Å². The fourth-order valence-electron chi connectivity index (χ4n) is 1.39. The third kappa shape index (κ3) is 4.13. The third-order valence-corrected chi connectivity index (χ3v) is 2.38. The Morgan fingerprint density at radius 2 is 2.00 bits per heavy atom. The van der Waals surface area contributed by atoms with Crippen LogP contribution in [0, 0.1) is 0 Å². The number of benzene rings is 1. The lowest BCUT2D eigenvalue weighted by Gasteiger charge is -2.13. The van der Waals surface area contributed by atoms with Crippen molar-refractivity contribution in [2.45, 2.75) is 19.4 Å². The van der Waals surface area contributed by atoms with Gasteiger partial charge in [0.2, 0.25) is 5.91 Å². The van der Waals surface area contributed by atoms with E-state index in [4.69, 9.17) is 0 Å². The first kappa shape index (κ1) is 11.7. The summed E-state index contributed by atoms with van der Waals surface area (Å²) in [4.78, 5) is 11.0. The summed E-state index contributed by atoms with van der Waals surface area (Å²) in [5.41, 5.74) is 1.24. The summed E-state index contributed by atoms with van der Waals surface area (Å²) in [6.45, 7) is 2.80. The number of amides is 1. The largest absolute Gasteiger partial charge is 0.359 e. The minimum Gasteiger partial charge on any atom is -0.359 e. The Morgan fingerprint density at radius 1 is 1.33 bits per heavy atom. The van der Waals surface area contributed by atoms with E-state index in [0.717, 1.165) is 0 Å². The van der Waals surface area contributed by atoms with Crippen molar-refractivity contribution in [3.05, 3.63) is 35.9 Å². The summed E-state index contributed by atoms with van der Waals surface area (Å²) >= 11 is 0. The van der Waals surface area contributed by atoms with Gasteiger partial charge in [0.1, 0.15) is 0 Å².